The molecular formula is C9H7ClFNS. The van der Waals surface area contributed by atoms with Gasteiger partial charge in [-0.15, -0.1) is 22.9 Å². The summed E-state index contributed by atoms with van der Waals surface area (Å²) >= 11 is 6.75. The largest absolute Gasteiger partial charge is 0.398 e. The summed E-state index contributed by atoms with van der Waals surface area (Å²) in [6, 6.07) is 5.10. The molecule has 1 aromatic carbocycles. The number of alkyl halides is 1. The van der Waals surface area contributed by atoms with Gasteiger partial charge in [-0.3, -0.25) is 0 Å². The molecule has 13 heavy (non-hydrogen) atoms. The van der Waals surface area contributed by atoms with Crippen molar-refractivity contribution in [2.75, 3.05) is 5.73 Å². The average molecular weight is 216 g/mol. The Morgan fingerprint density at radius 3 is 2.85 bits per heavy atom. The first-order valence-electron chi connectivity index (χ1n) is 3.74. The van der Waals surface area contributed by atoms with Gasteiger partial charge in [0.1, 0.15) is 0 Å². The zero-order valence-corrected chi connectivity index (χ0v) is 8.25. The van der Waals surface area contributed by atoms with E-state index < -0.39 is 0 Å². The zero-order valence-electron chi connectivity index (χ0n) is 6.68. The van der Waals surface area contributed by atoms with Crippen molar-refractivity contribution in [3.05, 3.63) is 28.9 Å². The predicted octanol–water partition coefficient (Wildman–Crippen LogP) is 3.36. The number of hydrogen-bond donors (Lipinski definition) is 1. The van der Waals surface area contributed by atoms with Crippen LogP contribution in [0, 0.1) is 5.13 Å². The molecule has 0 radical (unpaired) electrons. The number of halogens is 2. The lowest BCUT2D eigenvalue weighted by molar-refractivity contribution is 0.658. The van der Waals surface area contributed by atoms with Crippen molar-refractivity contribution in [1.82, 2.24) is 0 Å². The third kappa shape index (κ3) is 1.49. The van der Waals surface area contributed by atoms with Gasteiger partial charge in [0.15, 0.2) is 5.13 Å². The number of rotatable bonds is 1. The number of anilines is 1. The molecule has 0 bridgehead atoms. The highest BCUT2D eigenvalue weighted by Crippen LogP contribution is 2.30. The third-order valence-electron chi connectivity index (χ3n) is 1.85. The fourth-order valence-corrected chi connectivity index (χ4v) is 2.31. The second kappa shape index (κ2) is 3.16. The molecule has 4 heteroatoms. The molecule has 68 valence electrons. The summed E-state index contributed by atoms with van der Waals surface area (Å²) in [6.45, 7) is 0. The molecule has 2 N–H and O–H groups in total. The normalized spacial score (nSPS) is 10.9. The van der Waals surface area contributed by atoms with Crippen LogP contribution < -0.4 is 5.73 Å². The highest BCUT2D eigenvalue weighted by atomic mass is 35.5. The van der Waals surface area contributed by atoms with Crippen LogP contribution in [0.1, 0.15) is 5.56 Å². The first-order valence-corrected chi connectivity index (χ1v) is 5.09. The van der Waals surface area contributed by atoms with Crippen molar-refractivity contribution >= 4 is 38.7 Å². The van der Waals surface area contributed by atoms with Crippen LogP contribution in [0.25, 0.3) is 10.1 Å². The van der Waals surface area contributed by atoms with Gasteiger partial charge in [-0.2, -0.15) is 4.39 Å². The van der Waals surface area contributed by atoms with E-state index in [1.54, 1.807) is 6.07 Å². The van der Waals surface area contributed by atoms with Crippen LogP contribution in [-0.4, -0.2) is 0 Å². The van der Waals surface area contributed by atoms with E-state index in [1.165, 1.54) is 6.07 Å². The molecule has 0 saturated carbocycles. The average Bonchev–Trinajstić information content (AvgIpc) is 2.46. The molecule has 0 aliphatic carbocycles. The van der Waals surface area contributed by atoms with Crippen molar-refractivity contribution < 1.29 is 4.39 Å². The van der Waals surface area contributed by atoms with Crippen molar-refractivity contribution in [2.45, 2.75) is 5.88 Å². The molecule has 0 amide bonds. The fraction of sp³-hybridized carbons (Fsp3) is 0.111. The van der Waals surface area contributed by atoms with E-state index in [-0.39, 0.29) is 5.13 Å². The van der Waals surface area contributed by atoms with E-state index in [9.17, 15) is 4.39 Å². The lowest BCUT2D eigenvalue weighted by Gasteiger charge is -1.99. The SMILES string of the molecule is Nc1cc(CCl)cc2sc(F)cc12. The second-order valence-corrected chi connectivity index (χ2v) is 4.08. The third-order valence-corrected chi connectivity index (χ3v) is 3.03. The van der Waals surface area contributed by atoms with Crippen molar-refractivity contribution in [1.29, 1.82) is 0 Å². The standard InChI is InChI=1S/C9H7ClFNS/c10-4-5-1-7(12)6-3-9(11)13-8(6)2-5/h1-3H,4,12H2. The highest BCUT2D eigenvalue weighted by molar-refractivity contribution is 7.17. The summed E-state index contributed by atoms with van der Waals surface area (Å²) in [7, 11) is 0. The minimum absolute atomic E-state index is 0.214. The summed E-state index contributed by atoms with van der Waals surface area (Å²) in [4.78, 5) is 0. The summed E-state index contributed by atoms with van der Waals surface area (Å²) in [6.07, 6.45) is 0. The van der Waals surface area contributed by atoms with Crippen LogP contribution in [-0.2, 0) is 5.88 Å². The Morgan fingerprint density at radius 2 is 2.15 bits per heavy atom. The number of nitrogen functional groups attached to an aromatic ring is 1. The molecule has 2 rings (SSSR count). The molecule has 1 aromatic heterocycles. The topological polar surface area (TPSA) is 26.0 Å². The van der Waals surface area contributed by atoms with Gasteiger partial charge in [-0.1, -0.05) is 0 Å². The van der Waals surface area contributed by atoms with Gasteiger partial charge in [0, 0.05) is 21.7 Å². The van der Waals surface area contributed by atoms with Crippen LogP contribution in [0.3, 0.4) is 0 Å². The second-order valence-electron chi connectivity index (χ2n) is 2.78. The van der Waals surface area contributed by atoms with Gasteiger partial charge in [0.25, 0.3) is 0 Å². The molecule has 2 aromatic rings. The Morgan fingerprint density at radius 1 is 1.38 bits per heavy atom. The summed E-state index contributed by atoms with van der Waals surface area (Å²) in [5, 5.41) is 0.560. The number of fused-ring (bicyclic) bond motifs is 1. The predicted molar refractivity (Wildman–Crippen MR) is 55.8 cm³/mol. The van der Waals surface area contributed by atoms with Crippen LogP contribution in [0.4, 0.5) is 10.1 Å². The Hall–Kier alpha value is -0.800. The molecule has 0 unspecified atom stereocenters. The van der Waals surface area contributed by atoms with Gasteiger partial charge in [-0.05, 0) is 23.8 Å². The van der Waals surface area contributed by atoms with Crippen molar-refractivity contribution in [3.8, 4) is 0 Å². The number of nitrogens with two attached hydrogens (primary N) is 1. The van der Waals surface area contributed by atoms with Crippen molar-refractivity contribution in [2.24, 2.45) is 0 Å². The molecule has 1 heterocycles. The molecule has 0 aliphatic heterocycles. The lowest BCUT2D eigenvalue weighted by atomic mass is 10.1. The quantitative estimate of drug-likeness (QED) is 0.573. The van der Waals surface area contributed by atoms with E-state index in [1.807, 2.05) is 6.07 Å². The summed E-state index contributed by atoms with van der Waals surface area (Å²) < 4.78 is 13.7. The molecule has 1 nitrogen and oxygen atoms in total. The van der Waals surface area contributed by atoms with Gasteiger partial charge < -0.3 is 5.73 Å². The Balaban J connectivity index is 2.75. The number of hydrogen-bond acceptors (Lipinski definition) is 2. The summed E-state index contributed by atoms with van der Waals surface area (Å²) in [5.74, 6) is 0.402. The smallest absolute Gasteiger partial charge is 0.177 e. The maximum Gasteiger partial charge on any atom is 0.177 e. The van der Waals surface area contributed by atoms with E-state index >= 15 is 0 Å². The molecule has 0 fully saturated rings. The van der Waals surface area contributed by atoms with E-state index in [0.717, 1.165) is 27.0 Å². The van der Waals surface area contributed by atoms with Crippen LogP contribution in [0.15, 0.2) is 18.2 Å². The first-order chi connectivity index (χ1) is 6.20. The van der Waals surface area contributed by atoms with Crippen LogP contribution in [0.5, 0.6) is 0 Å². The Kier molecular flexibility index (Phi) is 2.14. The molecule has 0 spiro atoms. The minimum Gasteiger partial charge on any atom is -0.398 e. The van der Waals surface area contributed by atoms with E-state index in [0.29, 0.717) is 11.6 Å². The number of benzene rings is 1. The van der Waals surface area contributed by atoms with Gasteiger partial charge >= 0.3 is 0 Å². The van der Waals surface area contributed by atoms with E-state index in [4.69, 9.17) is 17.3 Å². The first kappa shape index (κ1) is 8.78. The maximum atomic E-state index is 12.9. The molecule has 0 aliphatic rings. The van der Waals surface area contributed by atoms with Gasteiger partial charge in [0.05, 0.1) is 0 Å². The number of thiophene rings is 1. The monoisotopic (exact) mass is 215 g/mol. The van der Waals surface area contributed by atoms with Gasteiger partial charge in [-0.25, -0.2) is 0 Å². The summed E-state index contributed by atoms with van der Waals surface area (Å²) in [5.41, 5.74) is 7.24. The lowest BCUT2D eigenvalue weighted by Crippen LogP contribution is -1.87. The van der Waals surface area contributed by atoms with Crippen LogP contribution >= 0.6 is 22.9 Å². The van der Waals surface area contributed by atoms with Crippen LogP contribution in [0.2, 0.25) is 0 Å². The minimum atomic E-state index is -0.214. The van der Waals surface area contributed by atoms with E-state index in [2.05, 4.69) is 0 Å². The highest BCUT2D eigenvalue weighted by Gasteiger charge is 2.05. The molecule has 0 atom stereocenters. The zero-order chi connectivity index (χ0) is 9.42. The fourth-order valence-electron chi connectivity index (χ4n) is 1.27. The molecule has 0 saturated heterocycles. The van der Waals surface area contributed by atoms with Crippen molar-refractivity contribution in [3.63, 3.8) is 0 Å². The maximum absolute atomic E-state index is 12.9. The Labute approximate surface area is 83.9 Å². The molecular weight excluding hydrogens is 209 g/mol. The Bertz CT molecular complexity index is 452. The van der Waals surface area contributed by atoms with Gasteiger partial charge in [0.2, 0.25) is 0 Å².